The van der Waals surface area contributed by atoms with Crippen LogP contribution in [0.2, 0.25) is 0 Å². The normalized spacial score (nSPS) is 10.8. The molecule has 0 saturated heterocycles. The summed E-state index contributed by atoms with van der Waals surface area (Å²) in [5.41, 5.74) is 7.64. The second kappa shape index (κ2) is 5.65. The number of aromatic nitrogens is 2. The molecule has 0 atom stereocenters. The summed E-state index contributed by atoms with van der Waals surface area (Å²) in [6.45, 7) is 2.02. The SMILES string of the molecule is Cc1cc(-c2ccc(-c3ccccc3)cc2)c2ncccc2n1. The summed E-state index contributed by atoms with van der Waals surface area (Å²) >= 11 is 0. The van der Waals surface area contributed by atoms with E-state index in [1.165, 1.54) is 16.7 Å². The molecule has 2 nitrogen and oxygen atoms in total. The molecule has 2 heteroatoms. The van der Waals surface area contributed by atoms with Crippen LogP contribution >= 0.6 is 0 Å². The fourth-order valence-corrected chi connectivity index (χ4v) is 2.89. The standard InChI is InChI=1S/C21H16N2/c1-15-14-19(21-20(23-15)8-5-13-22-21)18-11-9-17(10-12-18)16-6-3-2-4-7-16/h2-14H,1H3. The minimum atomic E-state index is 0.939. The Kier molecular flexibility index (Phi) is 3.35. The molecule has 23 heavy (non-hydrogen) atoms. The Morgan fingerprint density at radius 2 is 1.39 bits per heavy atom. The average molecular weight is 296 g/mol. The van der Waals surface area contributed by atoms with Gasteiger partial charge < -0.3 is 0 Å². The molecular formula is C21H16N2. The predicted octanol–water partition coefficient (Wildman–Crippen LogP) is 5.27. The lowest BCUT2D eigenvalue weighted by molar-refractivity contribution is 1.24. The number of fused-ring (bicyclic) bond motifs is 1. The number of rotatable bonds is 2. The Hall–Kier alpha value is -3.00. The largest absolute Gasteiger partial charge is 0.254 e. The van der Waals surface area contributed by atoms with Crippen molar-refractivity contribution < 1.29 is 0 Å². The number of pyridine rings is 2. The molecule has 0 amide bonds. The van der Waals surface area contributed by atoms with Crippen LogP contribution in [-0.2, 0) is 0 Å². The molecule has 2 heterocycles. The van der Waals surface area contributed by atoms with Crippen LogP contribution in [0.1, 0.15) is 5.69 Å². The Balaban J connectivity index is 1.83. The summed E-state index contributed by atoms with van der Waals surface area (Å²) in [4.78, 5) is 9.08. The third-order valence-corrected chi connectivity index (χ3v) is 3.99. The minimum absolute atomic E-state index is 0.939. The number of hydrogen-bond acceptors (Lipinski definition) is 2. The van der Waals surface area contributed by atoms with E-state index in [0.29, 0.717) is 0 Å². The molecular weight excluding hydrogens is 280 g/mol. The summed E-state index contributed by atoms with van der Waals surface area (Å²) in [5.74, 6) is 0. The predicted molar refractivity (Wildman–Crippen MR) is 95.1 cm³/mol. The molecule has 0 unspecified atom stereocenters. The highest BCUT2D eigenvalue weighted by molar-refractivity contribution is 5.91. The fourth-order valence-electron chi connectivity index (χ4n) is 2.89. The van der Waals surface area contributed by atoms with Gasteiger partial charge in [0.1, 0.15) is 0 Å². The van der Waals surface area contributed by atoms with E-state index in [1.54, 1.807) is 0 Å². The lowest BCUT2D eigenvalue weighted by atomic mass is 9.99. The number of nitrogens with zero attached hydrogens (tertiary/aromatic N) is 2. The van der Waals surface area contributed by atoms with Crippen LogP contribution in [-0.4, -0.2) is 9.97 Å². The number of hydrogen-bond donors (Lipinski definition) is 0. The quantitative estimate of drug-likeness (QED) is 0.503. The van der Waals surface area contributed by atoms with Crippen LogP contribution in [0.25, 0.3) is 33.3 Å². The second-order valence-electron chi connectivity index (χ2n) is 5.63. The topological polar surface area (TPSA) is 25.8 Å². The zero-order valence-electron chi connectivity index (χ0n) is 12.9. The highest BCUT2D eigenvalue weighted by Gasteiger charge is 2.07. The number of benzene rings is 2. The molecule has 0 aliphatic carbocycles. The zero-order chi connectivity index (χ0) is 15.6. The zero-order valence-corrected chi connectivity index (χ0v) is 12.9. The molecule has 0 fully saturated rings. The summed E-state index contributed by atoms with van der Waals surface area (Å²) < 4.78 is 0. The fraction of sp³-hybridized carbons (Fsp3) is 0.0476. The van der Waals surface area contributed by atoms with Gasteiger partial charge in [-0.1, -0.05) is 54.6 Å². The molecule has 0 spiro atoms. The van der Waals surface area contributed by atoms with E-state index in [0.717, 1.165) is 22.3 Å². The maximum Gasteiger partial charge on any atom is 0.0965 e. The first kappa shape index (κ1) is 13.6. The van der Waals surface area contributed by atoms with E-state index in [1.807, 2.05) is 31.3 Å². The van der Waals surface area contributed by atoms with E-state index >= 15 is 0 Å². The van der Waals surface area contributed by atoms with Gasteiger partial charge in [-0.3, -0.25) is 9.97 Å². The van der Waals surface area contributed by atoms with Gasteiger partial charge in [-0.2, -0.15) is 0 Å². The highest BCUT2D eigenvalue weighted by atomic mass is 14.8. The number of aryl methyl sites for hydroxylation is 1. The maximum absolute atomic E-state index is 4.56. The summed E-state index contributed by atoms with van der Waals surface area (Å²) in [7, 11) is 0. The molecule has 110 valence electrons. The van der Waals surface area contributed by atoms with Gasteiger partial charge in [-0.15, -0.1) is 0 Å². The Labute approximate surface area is 135 Å². The van der Waals surface area contributed by atoms with Crippen molar-refractivity contribution in [2.75, 3.05) is 0 Å². The van der Waals surface area contributed by atoms with Crippen molar-refractivity contribution in [1.29, 1.82) is 0 Å². The van der Waals surface area contributed by atoms with Crippen molar-refractivity contribution in [2.45, 2.75) is 6.92 Å². The smallest absolute Gasteiger partial charge is 0.0965 e. The van der Waals surface area contributed by atoms with Gasteiger partial charge in [-0.05, 0) is 41.8 Å². The van der Waals surface area contributed by atoms with Crippen molar-refractivity contribution in [3.8, 4) is 22.3 Å². The van der Waals surface area contributed by atoms with Gasteiger partial charge in [0.2, 0.25) is 0 Å². The minimum Gasteiger partial charge on any atom is -0.254 e. The second-order valence-corrected chi connectivity index (χ2v) is 5.63. The van der Waals surface area contributed by atoms with Gasteiger partial charge in [0, 0.05) is 17.5 Å². The Bertz CT molecular complexity index is 958. The van der Waals surface area contributed by atoms with E-state index in [9.17, 15) is 0 Å². The summed E-state index contributed by atoms with van der Waals surface area (Å²) in [6.07, 6.45) is 1.82. The maximum atomic E-state index is 4.56. The van der Waals surface area contributed by atoms with Gasteiger partial charge in [0.25, 0.3) is 0 Å². The Morgan fingerprint density at radius 3 is 2.17 bits per heavy atom. The van der Waals surface area contributed by atoms with Gasteiger partial charge in [0.05, 0.1) is 11.0 Å². The van der Waals surface area contributed by atoms with Crippen molar-refractivity contribution >= 4 is 11.0 Å². The molecule has 4 rings (SSSR count). The molecule has 0 radical (unpaired) electrons. The first-order chi connectivity index (χ1) is 11.3. The van der Waals surface area contributed by atoms with Crippen LogP contribution in [0.3, 0.4) is 0 Å². The molecule has 4 aromatic rings. The molecule has 0 N–H and O–H groups in total. The Morgan fingerprint density at radius 1 is 0.696 bits per heavy atom. The summed E-state index contributed by atoms with van der Waals surface area (Å²) in [5, 5.41) is 0. The lowest BCUT2D eigenvalue weighted by Crippen LogP contribution is -1.90. The molecule has 2 aromatic carbocycles. The van der Waals surface area contributed by atoms with E-state index in [4.69, 9.17) is 0 Å². The molecule has 0 aliphatic rings. The molecule has 0 bridgehead atoms. The van der Waals surface area contributed by atoms with Gasteiger partial charge >= 0.3 is 0 Å². The highest BCUT2D eigenvalue weighted by Crippen LogP contribution is 2.29. The monoisotopic (exact) mass is 296 g/mol. The van der Waals surface area contributed by atoms with Crippen LogP contribution in [0, 0.1) is 6.92 Å². The van der Waals surface area contributed by atoms with E-state index in [-0.39, 0.29) is 0 Å². The van der Waals surface area contributed by atoms with Crippen LogP contribution < -0.4 is 0 Å². The van der Waals surface area contributed by atoms with E-state index in [2.05, 4.69) is 64.6 Å². The van der Waals surface area contributed by atoms with E-state index < -0.39 is 0 Å². The van der Waals surface area contributed by atoms with Crippen LogP contribution in [0.5, 0.6) is 0 Å². The first-order valence-corrected chi connectivity index (χ1v) is 7.69. The van der Waals surface area contributed by atoms with Crippen molar-refractivity contribution in [2.24, 2.45) is 0 Å². The van der Waals surface area contributed by atoms with Crippen molar-refractivity contribution in [3.63, 3.8) is 0 Å². The van der Waals surface area contributed by atoms with Crippen LogP contribution in [0.4, 0.5) is 0 Å². The lowest BCUT2D eigenvalue weighted by Gasteiger charge is -2.08. The molecule has 0 saturated carbocycles. The van der Waals surface area contributed by atoms with Gasteiger partial charge in [0.15, 0.2) is 0 Å². The van der Waals surface area contributed by atoms with Crippen LogP contribution in [0.15, 0.2) is 79.0 Å². The summed E-state index contributed by atoms with van der Waals surface area (Å²) in [6, 6.07) is 25.1. The van der Waals surface area contributed by atoms with Crippen molar-refractivity contribution in [1.82, 2.24) is 9.97 Å². The van der Waals surface area contributed by atoms with Crippen molar-refractivity contribution in [3.05, 3.63) is 84.7 Å². The average Bonchev–Trinajstić information content (AvgIpc) is 2.62. The first-order valence-electron chi connectivity index (χ1n) is 7.69. The van der Waals surface area contributed by atoms with Gasteiger partial charge in [-0.25, -0.2) is 0 Å². The third kappa shape index (κ3) is 2.59. The molecule has 2 aromatic heterocycles. The third-order valence-electron chi connectivity index (χ3n) is 3.99. The molecule has 0 aliphatic heterocycles.